The van der Waals surface area contributed by atoms with E-state index in [2.05, 4.69) is 40.3 Å². The Kier molecular flexibility index (Phi) is 7.28. The van der Waals surface area contributed by atoms with Gasteiger partial charge < -0.3 is 14.2 Å². The van der Waals surface area contributed by atoms with E-state index in [1.165, 1.54) is 35.8 Å². The molecule has 0 aliphatic heterocycles. The van der Waals surface area contributed by atoms with Gasteiger partial charge in [-0.15, -0.1) is 0 Å². The van der Waals surface area contributed by atoms with E-state index in [1.54, 1.807) is 18.2 Å². The molecule has 2 unspecified atom stereocenters. The molecule has 1 rings (SSSR count). The lowest BCUT2D eigenvalue weighted by Gasteiger charge is -2.27. The largest absolute Gasteiger partial charge is 0.465 e. The van der Waals surface area contributed by atoms with Crippen LogP contribution in [0.3, 0.4) is 0 Å². The van der Waals surface area contributed by atoms with Gasteiger partial charge >= 0.3 is 10.0 Å². The van der Waals surface area contributed by atoms with Crippen LogP contribution in [0.2, 0.25) is 19.6 Å². The number of carbonyl (C=O) groups excluding carboxylic acids is 1. The summed E-state index contributed by atoms with van der Waals surface area (Å²) in [7, 11) is -0.195. The highest BCUT2D eigenvalue weighted by Gasteiger charge is 2.33. The van der Waals surface area contributed by atoms with Crippen molar-refractivity contribution in [1.82, 2.24) is 0 Å². The number of rotatable bonds is 7. The first kappa shape index (κ1) is 19.9. The van der Waals surface area contributed by atoms with Crippen LogP contribution < -0.4 is 4.74 Å². The Hall–Kier alpha value is -0.193. The maximum absolute atomic E-state index is 14.4. The Labute approximate surface area is 153 Å². The fourth-order valence-corrected chi connectivity index (χ4v) is 2.54. The Balaban J connectivity index is 2.70. The molecular weight excluding hydrogens is 486 g/mol. The van der Waals surface area contributed by atoms with E-state index < -0.39 is 18.1 Å². The second-order valence-corrected chi connectivity index (χ2v) is 14.4. The predicted molar refractivity (Wildman–Crippen MR) is 98.3 cm³/mol. The average molecular weight is 505 g/mol. The molecule has 8 heteroatoms. The highest BCUT2D eigenvalue weighted by atomic mass is 127. The summed E-state index contributed by atoms with van der Waals surface area (Å²) < 4.78 is 27.2. The van der Waals surface area contributed by atoms with Gasteiger partial charge in [0.05, 0.1) is 27.4 Å². The number of halogens is 3. The molecule has 0 saturated heterocycles. The van der Waals surface area contributed by atoms with Gasteiger partial charge in [-0.2, -0.15) is 4.39 Å². The lowest BCUT2D eigenvalue weighted by Crippen LogP contribution is -2.40. The van der Waals surface area contributed by atoms with E-state index in [1.807, 2.05) is 0 Å². The number of ether oxygens (including phenoxy) is 3. The van der Waals surface area contributed by atoms with Gasteiger partial charge in [-0.05, 0) is 18.2 Å². The van der Waals surface area contributed by atoms with Crippen molar-refractivity contribution in [2.24, 2.45) is 0 Å². The van der Waals surface area contributed by atoms with Crippen molar-refractivity contribution in [1.29, 1.82) is 0 Å². The van der Waals surface area contributed by atoms with Gasteiger partial charge in [0.1, 0.15) is 5.75 Å². The van der Waals surface area contributed by atoms with E-state index >= 15 is 0 Å². The van der Waals surface area contributed by atoms with Gasteiger partial charge in [0.2, 0.25) is 0 Å². The van der Waals surface area contributed by atoms with Crippen LogP contribution in [0.5, 0.6) is 5.75 Å². The predicted octanol–water partition coefficient (Wildman–Crippen LogP) is 4.53. The highest BCUT2D eigenvalue weighted by molar-refractivity contribution is 14.1. The molecule has 124 valence electrons. The molecule has 0 saturated carbocycles. The molecule has 0 bridgehead atoms. The summed E-state index contributed by atoms with van der Waals surface area (Å²) in [5, 5.41) is 0. The maximum Gasteiger partial charge on any atom is 0.417 e. The van der Waals surface area contributed by atoms with Gasteiger partial charge in [0.15, 0.2) is 0 Å². The van der Waals surface area contributed by atoms with Crippen molar-refractivity contribution < 1.29 is 23.4 Å². The minimum atomic E-state index is -2.31. The van der Waals surface area contributed by atoms with E-state index in [0.717, 1.165) is 0 Å². The number of benzene rings is 1. The minimum absolute atomic E-state index is 0.106. The lowest BCUT2D eigenvalue weighted by atomic mass is 10.2. The Morgan fingerprint density at radius 1 is 1.45 bits per heavy atom. The molecule has 2 atom stereocenters. The second kappa shape index (κ2) is 8.07. The van der Waals surface area contributed by atoms with Crippen LogP contribution >= 0.6 is 38.5 Å². The average Bonchev–Trinajstić information content (AvgIpc) is 2.42. The lowest BCUT2D eigenvalue weighted by molar-refractivity contribution is -0.179. The van der Waals surface area contributed by atoms with Crippen molar-refractivity contribution in [2.75, 3.05) is 13.7 Å². The molecule has 0 radical (unpaired) electrons. The van der Waals surface area contributed by atoms with Crippen LogP contribution in [0, 0.1) is 0 Å². The summed E-state index contributed by atoms with van der Waals surface area (Å²) in [5.74, 6) is -0.317. The normalized spacial score (nSPS) is 15.8. The molecular formula is C14H19BrFIO4Si. The first-order valence-electron chi connectivity index (χ1n) is 6.58. The molecule has 0 spiro atoms. The smallest absolute Gasteiger partial charge is 0.417 e. The zero-order chi connectivity index (χ0) is 17.0. The van der Waals surface area contributed by atoms with Crippen LogP contribution in [-0.2, 0) is 9.47 Å². The molecule has 0 amide bonds. The van der Waals surface area contributed by atoms with E-state index in [4.69, 9.17) is 9.47 Å². The third-order valence-corrected chi connectivity index (χ3v) is 9.79. The Bertz CT molecular complexity index is 522. The number of methoxy groups -OCH3 is 1. The van der Waals surface area contributed by atoms with Crippen molar-refractivity contribution in [2.45, 2.75) is 28.1 Å². The van der Waals surface area contributed by atoms with Crippen LogP contribution in [0.25, 0.3) is 0 Å². The molecule has 0 heterocycles. The monoisotopic (exact) mass is 504 g/mol. The number of hydrogen-bond acceptors (Lipinski definition) is 4. The maximum atomic E-state index is 14.4. The fraction of sp³-hybridized carbons (Fsp3) is 0.500. The third kappa shape index (κ3) is 6.51. The number of carbonyl (C=O) groups is 1. The third-order valence-electron chi connectivity index (χ3n) is 2.83. The molecule has 0 fully saturated rings. The first-order chi connectivity index (χ1) is 10.0. The summed E-state index contributed by atoms with van der Waals surface area (Å²) in [6.07, 6.45) is 0. The van der Waals surface area contributed by atoms with Gasteiger partial charge in [-0.1, -0.05) is 41.6 Å². The summed E-state index contributed by atoms with van der Waals surface area (Å²) >= 11 is 4.97. The van der Waals surface area contributed by atoms with Crippen LogP contribution in [0.4, 0.5) is 4.39 Å². The number of hydrogen-bond donors (Lipinski definition) is 0. The number of alkyl halides is 3. The SMILES string of the molecule is COC(=O)c1cccc(OC(F)(I)OCC(Br)[Si](C)(C)C)c1. The molecule has 0 aliphatic carbocycles. The summed E-state index contributed by atoms with van der Waals surface area (Å²) in [4.78, 5) is 11.5. The molecule has 1 aromatic rings. The van der Waals surface area contributed by atoms with Crippen LogP contribution in [0.1, 0.15) is 10.4 Å². The molecule has 0 aromatic heterocycles. The van der Waals surface area contributed by atoms with E-state index in [-0.39, 0.29) is 22.4 Å². The zero-order valence-corrected chi connectivity index (χ0v) is 17.6. The van der Waals surface area contributed by atoms with Gasteiger partial charge in [0.25, 0.3) is 0 Å². The standard InChI is InChI=1S/C14H19BrFIO4Si/c1-19-13(18)10-6-5-7-11(8-10)21-14(16,17)20-9-12(15)22(2,3)4/h5-8,12H,9H2,1-4H3. The fourth-order valence-electron chi connectivity index (χ4n) is 1.39. The van der Waals surface area contributed by atoms with E-state index in [9.17, 15) is 9.18 Å². The van der Waals surface area contributed by atoms with Crippen LogP contribution in [-0.4, -0.2) is 36.3 Å². The van der Waals surface area contributed by atoms with E-state index in [0.29, 0.717) is 0 Å². The summed E-state index contributed by atoms with van der Waals surface area (Å²) in [6.45, 7) is 6.67. The zero-order valence-electron chi connectivity index (χ0n) is 12.9. The molecule has 1 aromatic carbocycles. The topological polar surface area (TPSA) is 44.8 Å². The van der Waals surface area contributed by atoms with Crippen molar-refractivity contribution >= 4 is 52.6 Å². The number of esters is 1. The van der Waals surface area contributed by atoms with Gasteiger partial charge in [-0.25, -0.2) is 4.79 Å². The first-order valence-corrected chi connectivity index (χ1v) is 12.2. The van der Waals surface area contributed by atoms with Gasteiger partial charge in [0, 0.05) is 27.0 Å². The van der Waals surface area contributed by atoms with Crippen LogP contribution in [0.15, 0.2) is 24.3 Å². The van der Waals surface area contributed by atoms with Crippen molar-refractivity contribution in [3.63, 3.8) is 0 Å². The molecule has 22 heavy (non-hydrogen) atoms. The molecule has 4 nitrogen and oxygen atoms in total. The minimum Gasteiger partial charge on any atom is -0.465 e. The summed E-state index contributed by atoms with van der Waals surface area (Å²) in [6, 6.07) is 6.11. The highest BCUT2D eigenvalue weighted by Crippen LogP contribution is 2.30. The van der Waals surface area contributed by atoms with Crippen molar-refractivity contribution in [3.8, 4) is 5.75 Å². The summed E-state index contributed by atoms with van der Waals surface area (Å²) in [5.41, 5.74) is 0.285. The molecule has 0 N–H and O–H groups in total. The van der Waals surface area contributed by atoms with Crippen molar-refractivity contribution in [3.05, 3.63) is 29.8 Å². The quantitative estimate of drug-likeness (QED) is 0.180. The second-order valence-electron chi connectivity index (χ2n) is 5.73. The molecule has 0 aliphatic rings. The Morgan fingerprint density at radius 2 is 2.09 bits per heavy atom. The Morgan fingerprint density at radius 3 is 2.64 bits per heavy atom. The van der Waals surface area contributed by atoms with Gasteiger partial charge in [-0.3, -0.25) is 0 Å².